The Balaban J connectivity index is 2.28. The molecular formula is C18H23Cl2N3O. The minimum absolute atomic E-state index is 0.154. The fraction of sp³-hybridized carbons (Fsp3) is 0.500. The van der Waals surface area contributed by atoms with Gasteiger partial charge in [0.15, 0.2) is 5.96 Å². The van der Waals surface area contributed by atoms with Crippen LogP contribution in [0.4, 0.5) is 0 Å². The molecule has 0 radical (unpaired) electrons. The Morgan fingerprint density at radius 3 is 2.71 bits per heavy atom. The van der Waals surface area contributed by atoms with E-state index in [1.165, 1.54) is 0 Å². The van der Waals surface area contributed by atoms with Crippen molar-refractivity contribution in [1.82, 2.24) is 10.6 Å². The first-order valence-electron chi connectivity index (χ1n) is 8.10. The van der Waals surface area contributed by atoms with Crippen molar-refractivity contribution >= 4 is 29.2 Å². The zero-order valence-electron chi connectivity index (χ0n) is 13.9. The molecule has 0 saturated carbocycles. The maximum atomic E-state index is 6.48. The monoisotopic (exact) mass is 367 g/mol. The van der Waals surface area contributed by atoms with Crippen molar-refractivity contribution in [3.8, 4) is 12.3 Å². The Morgan fingerprint density at radius 1 is 1.33 bits per heavy atom. The Kier molecular flexibility index (Phi) is 7.23. The van der Waals surface area contributed by atoms with Gasteiger partial charge < -0.3 is 15.4 Å². The van der Waals surface area contributed by atoms with Gasteiger partial charge in [0.25, 0.3) is 0 Å². The Morgan fingerprint density at radius 2 is 2.08 bits per heavy atom. The van der Waals surface area contributed by atoms with Crippen molar-refractivity contribution in [2.45, 2.75) is 25.2 Å². The van der Waals surface area contributed by atoms with Crippen molar-refractivity contribution in [2.24, 2.45) is 4.99 Å². The maximum absolute atomic E-state index is 6.48. The second kappa shape index (κ2) is 9.17. The lowest BCUT2D eigenvalue weighted by Gasteiger charge is -2.37. The SMILES string of the molecule is C#CCNC(=NCC1(c2ccc(Cl)cc2Cl)CCOCC1)NCC. The highest BCUT2D eigenvalue weighted by molar-refractivity contribution is 6.35. The van der Waals surface area contributed by atoms with E-state index in [2.05, 4.69) is 16.6 Å². The largest absolute Gasteiger partial charge is 0.381 e. The Bertz CT molecular complexity index is 619. The van der Waals surface area contributed by atoms with E-state index in [1.807, 2.05) is 19.1 Å². The number of nitrogens with one attached hydrogen (secondary N) is 2. The summed E-state index contributed by atoms with van der Waals surface area (Å²) in [6.07, 6.45) is 7.06. The topological polar surface area (TPSA) is 45.7 Å². The first-order valence-corrected chi connectivity index (χ1v) is 8.86. The third kappa shape index (κ3) is 4.80. The molecule has 2 N–H and O–H groups in total. The van der Waals surface area contributed by atoms with E-state index in [4.69, 9.17) is 39.4 Å². The number of aliphatic imine (C=N–C) groups is 1. The van der Waals surface area contributed by atoms with Crippen LogP contribution < -0.4 is 10.6 Å². The summed E-state index contributed by atoms with van der Waals surface area (Å²) >= 11 is 12.5. The Labute approximate surface area is 154 Å². The molecule has 1 aliphatic rings. The number of halogens is 2. The number of nitrogens with zero attached hydrogens (tertiary/aromatic N) is 1. The summed E-state index contributed by atoms with van der Waals surface area (Å²) in [4.78, 5) is 4.74. The van der Waals surface area contributed by atoms with Crippen molar-refractivity contribution in [3.63, 3.8) is 0 Å². The molecule has 6 heteroatoms. The molecule has 130 valence electrons. The van der Waals surface area contributed by atoms with Crippen LogP contribution in [0.1, 0.15) is 25.3 Å². The van der Waals surface area contributed by atoms with Gasteiger partial charge >= 0.3 is 0 Å². The van der Waals surface area contributed by atoms with Crippen LogP contribution in [-0.4, -0.2) is 38.8 Å². The highest BCUT2D eigenvalue weighted by atomic mass is 35.5. The lowest BCUT2D eigenvalue weighted by atomic mass is 9.74. The standard InChI is InChI=1S/C18H23Cl2N3O/c1-3-9-22-17(21-4-2)23-13-18(7-10-24-11-8-18)15-6-5-14(19)12-16(15)20/h1,5-6,12H,4,7-11,13H2,2H3,(H2,21,22,23). The second-order valence-electron chi connectivity index (χ2n) is 5.77. The molecule has 0 unspecified atom stereocenters. The summed E-state index contributed by atoms with van der Waals surface area (Å²) in [5, 5.41) is 7.65. The number of guanidine groups is 1. The normalized spacial score (nSPS) is 17.2. The van der Waals surface area contributed by atoms with Gasteiger partial charge in [0.1, 0.15) is 0 Å². The van der Waals surface area contributed by atoms with Crippen molar-refractivity contribution < 1.29 is 4.74 Å². The molecule has 0 amide bonds. The molecule has 1 heterocycles. The van der Waals surface area contributed by atoms with Crippen LogP contribution in [0.3, 0.4) is 0 Å². The van der Waals surface area contributed by atoms with Crippen LogP contribution in [0.2, 0.25) is 10.0 Å². The zero-order chi connectivity index (χ0) is 17.4. The predicted molar refractivity (Wildman–Crippen MR) is 101 cm³/mol. The molecule has 1 saturated heterocycles. The lowest BCUT2D eigenvalue weighted by Crippen LogP contribution is -2.41. The van der Waals surface area contributed by atoms with E-state index in [1.54, 1.807) is 6.07 Å². The summed E-state index contributed by atoms with van der Waals surface area (Å²) in [5.41, 5.74) is 0.923. The predicted octanol–water partition coefficient (Wildman–Crippen LogP) is 3.23. The minimum Gasteiger partial charge on any atom is -0.381 e. The van der Waals surface area contributed by atoms with E-state index in [9.17, 15) is 0 Å². The third-order valence-electron chi connectivity index (χ3n) is 4.19. The van der Waals surface area contributed by atoms with Gasteiger partial charge in [-0.05, 0) is 37.5 Å². The number of benzene rings is 1. The van der Waals surface area contributed by atoms with Gasteiger partial charge in [-0.15, -0.1) is 6.42 Å². The van der Waals surface area contributed by atoms with Crippen LogP contribution in [0.5, 0.6) is 0 Å². The van der Waals surface area contributed by atoms with Crippen LogP contribution in [-0.2, 0) is 10.2 Å². The number of terminal acetylenes is 1. The molecule has 24 heavy (non-hydrogen) atoms. The molecule has 1 aliphatic heterocycles. The number of hydrogen-bond donors (Lipinski definition) is 2. The van der Waals surface area contributed by atoms with E-state index < -0.39 is 0 Å². The maximum Gasteiger partial charge on any atom is 0.192 e. The number of hydrogen-bond acceptors (Lipinski definition) is 2. The molecule has 0 aliphatic carbocycles. The smallest absolute Gasteiger partial charge is 0.192 e. The first kappa shape index (κ1) is 18.9. The molecule has 1 fully saturated rings. The van der Waals surface area contributed by atoms with Gasteiger partial charge in [-0.2, -0.15) is 0 Å². The van der Waals surface area contributed by atoms with Gasteiger partial charge in [-0.1, -0.05) is 35.2 Å². The molecule has 4 nitrogen and oxygen atoms in total. The summed E-state index contributed by atoms with van der Waals surface area (Å²) in [7, 11) is 0. The molecule has 1 aromatic rings. The van der Waals surface area contributed by atoms with Gasteiger partial charge in [-0.3, -0.25) is 4.99 Å². The van der Waals surface area contributed by atoms with E-state index in [0.717, 1.165) is 24.9 Å². The molecular weight excluding hydrogens is 345 g/mol. The molecule has 2 rings (SSSR count). The first-order chi connectivity index (χ1) is 11.6. The molecule has 0 aromatic heterocycles. The fourth-order valence-corrected chi connectivity index (χ4v) is 3.51. The third-order valence-corrected chi connectivity index (χ3v) is 4.74. The fourth-order valence-electron chi connectivity index (χ4n) is 2.90. The van der Waals surface area contributed by atoms with Gasteiger partial charge in [-0.25, -0.2) is 0 Å². The van der Waals surface area contributed by atoms with Gasteiger partial charge in [0.2, 0.25) is 0 Å². The van der Waals surface area contributed by atoms with Crippen LogP contribution in [0.15, 0.2) is 23.2 Å². The van der Waals surface area contributed by atoms with E-state index in [0.29, 0.717) is 42.3 Å². The van der Waals surface area contributed by atoms with Crippen molar-refractivity contribution in [2.75, 3.05) is 32.8 Å². The van der Waals surface area contributed by atoms with E-state index >= 15 is 0 Å². The summed E-state index contributed by atoms with van der Waals surface area (Å²) < 4.78 is 5.55. The highest BCUT2D eigenvalue weighted by Gasteiger charge is 2.36. The van der Waals surface area contributed by atoms with E-state index in [-0.39, 0.29) is 5.41 Å². The van der Waals surface area contributed by atoms with Crippen molar-refractivity contribution in [1.29, 1.82) is 0 Å². The quantitative estimate of drug-likeness (QED) is 0.477. The average molecular weight is 368 g/mol. The average Bonchev–Trinajstić information content (AvgIpc) is 2.58. The highest BCUT2D eigenvalue weighted by Crippen LogP contribution is 2.39. The Hall–Kier alpha value is -1.41. The summed E-state index contributed by atoms with van der Waals surface area (Å²) in [6, 6.07) is 5.68. The molecule has 0 atom stereocenters. The van der Waals surface area contributed by atoms with Crippen LogP contribution >= 0.6 is 23.2 Å². The summed E-state index contributed by atoms with van der Waals surface area (Å²) in [5.74, 6) is 3.28. The van der Waals surface area contributed by atoms with Crippen LogP contribution in [0.25, 0.3) is 0 Å². The van der Waals surface area contributed by atoms with Crippen LogP contribution in [0, 0.1) is 12.3 Å². The van der Waals surface area contributed by atoms with Gasteiger partial charge in [0, 0.05) is 35.2 Å². The number of rotatable bonds is 5. The lowest BCUT2D eigenvalue weighted by molar-refractivity contribution is 0.0531. The minimum atomic E-state index is -0.154. The number of ether oxygens (including phenoxy) is 1. The van der Waals surface area contributed by atoms with Crippen molar-refractivity contribution in [3.05, 3.63) is 33.8 Å². The zero-order valence-corrected chi connectivity index (χ0v) is 15.4. The molecule has 0 spiro atoms. The molecule has 1 aromatic carbocycles. The summed E-state index contributed by atoms with van der Waals surface area (Å²) in [6.45, 7) is 5.23. The van der Waals surface area contributed by atoms with Gasteiger partial charge in [0.05, 0.1) is 13.1 Å². The second-order valence-corrected chi connectivity index (χ2v) is 6.61. The molecule has 0 bridgehead atoms.